The average Bonchev–Trinajstić information content (AvgIpc) is 3.12. The van der Waals surface area contributed by atoms with Crippen molar-refractivity contribution in [1.82, 2.24) is 15.3 Å². The van der Waals surface area contributed by atoms with Gasteiger partial charge >= 0.3 is 0 Å². The van der Waals surface area contributed by atoms with E-state index in [-0.39, 0.29) is 41.7 Å². The topological polar surface area (TPSA) is 64.7 Å². The molecule has 2 amide bonds. The zero-order valence-electron chi connectivity index (χ0n) is 15.2. The highest BCUT2D eigenvalue weighted by molar-refractivity contribution is 5.93. The third-order valence-corrected chi connectivity index (χ3v) is 6.13. The van der Waals surface area contributed by atoms with Gasteiger partial charge in [-0.05, 0) is 50.3 Å². The Hall–Kier alpha value is -1.99. The smallest absolute Gasteiger partial charge is 0.241 e. The van der Waals surface area contributed by atoms with E-state index in [1.54, 1.807) is 19.1 Å². The van der Waals surface area contributed by atoms with Gasteiger partial charge in [-0.25, -0.2) is 9.40 Å². The van der Waals surface area contributed by atoms with Crippen molar-refractivity contribution < 1.29 is 14.0 Å². The number of hydrogen-bond donors (Lipinski definition) is 2. The van der Waals surface area contributed by atoms with E-state index in [2.05, 4.69) is 15.8 Å². The molecule has 4 rings (SSSR count). The number of carbonyl (C=O) groups excluding carboxylic acids is 2. The molecule has 2 saturated heterocycles. The number of hydrogen-bond acceptors (Lipinski definition) is 4. The molecule has 3 fully saturated rings. The van der Waals surface area contributed by atoms with Crippen molar-refractivity contribution in [1.29, 1.82) is 0 Å². The first-order valence-electron chi connectivity index (χ1n) is 9.31. The Labute approximate surface area is 152 Å². The van der Waals surface area contributed by atoms with Crippen LogP contribution in [0.1, 0.15) is 31.2 Å². The largest absolute Gasteiger partial charge is 0.340 e. The van der Waals surface area contributed by atoms with E-state index in [1.165, 1.54) is 6.07 Å². The van der Waals surface area contributed by atoms with Gasteiger partial charge in [0.25, 0.3) is 0 Å². The predicted octanol–water partition coefficient (Wildman–Crippen LogP) is 1.66. The summed E-state index contributed by atoms with van der Waals surface area (Å²) in [5.74, 6) is -0.452. The number of carbonyl (C=O) groups is 2. The molecule has 3 aliphatic rings. The Morgan fingerprint density at radius 2 is 2.08 bits per heavy atom. The van der Waals surface area contributed by atoms with Crippen LogP contribution in [0.3, 0.4) is 0 Å². The summed E-state index contributed by atoms with van der Waals surface area (Å²) in [7, 11) is 1.85. The number of anilines is 1. The van der Waals surface area contributed by atoms with E-state index in [1.807, 2.05) is 11.9 Å². The molecule has 6 nitrogen and oxygen atoms in total. The lowest BCUT2D eigenvalue weighted by Gasteiger charge is -2.50. The van der Waals surface area contributed by atoms with Crippen molar-refractivity contribution in [3.8, 4) is 0 Å². The summed E-state index contributed by atoms with van der Waals surface area (Å²) in [6.45, 7) is 2.52. The number of halogens is 1. The van der Waals surface area contributed by atoms with Gasteiger partial charge in [-0.2, -0.15) is 0 Å². The van der Waals surface area contributed by atoms with E-state index in [9.17, 15) is 14.0 Å². The fourth-order valence-electron chi connectivity index (χ4n) is 4.59. The van der Waals surface area contributed by atoms with Crippen molar-refractivity contribution in [3.63, 3.8) is 0 Å². The van der Waals surface area contributed by atoms with Crippen LogP contribution in [0.25, 0.3) is 0 Å². The maximum atomic E-state index is 13.7. The van der Waals surface area contributed by atoms with Crippen molar-refractivity contribution >= 4 is 17.5 Å². The highest BCUT2D eigenvalue weighted by atomic mass is 19.1. The van der Waals surface area contributed by atoms with Gasteiger partial charge < -0.3 is 10.2 Å². The van der Waals surface area contributed by atoms with Crippen molar-refractivity contribution in [3.05, 3.63) is 29.6 Å². The molecule has 4 atom stereocenters. The first-order valence-corrected chi connectivity index (χ1v) is 9.31. The molecular weight excluding hydrogens is 335 g/mol. The van der Waals surface area contributed by atoms with Crippen molar-refractivity contribution in [2.45, 2.75) is 50.7 Å². The highest BCUT2D eigenvalue weighted by Gasteiger charge is 2.50. The number of fused-ring (bicyclic) bond motifs is 3. The van der Waals surface area contributed by atoms with Gasteiger partial charge in [0.15, 0.2) is 0 Å². The van der Waals surface area contributed by atoms with Gasteiger partial charge in [0, 0.05) is 37.3 Å². The number of benzene rings is 1. The zero-order valence-corrected chi connectivity index (χ0v) is 15.2. The molecule has 4 unspecified atom stereocenters. The van der Waals surface area contributed by atoms with E-state index in [4.69, 9.17) is 0 Å². The summed E-state index contributed by atoms with van der Waals surface area (Å²) in [6, 6.07) is 4.95. The maximum absolute atomic E-state index is 13.7. The van der Waals surface area contributed by atoms with Crippen LogP contribution in [-0.4, -0.2) is 53.4 Å². The highest BCUT2D eigenvalue weighted by Crippen LogP contribution is 2.37. The minimum absolute atomic E-state index is 0.0311. The number of nitrogens with zero attached hydrogens (tertiary/aromatic N) is 2. The first-order chi connectivity index (χ1) is 12.5. The minimum Gasteiger partial charge on any atom is -0.340 e. The van der Waals surface area contributed by atoms with Gasteiger partial charge in [0.05, 0.1) is 0 Å². The molecule has 1 aromatic rings. The van der Waals surface area contributed by atoms with E-state index in [0.29, 0.717) is 17.7 Å². The van der Waals surface area contributed by atoms with Gasteiger partial charge in [0.2, 0.25) is 11.8 Å². The molecule has 26 heavy (non-hydrogen) atoms. The second kappa shape index (κ2) is 6.63. The molecule has 1 saturated carbocycles. The normalized spacial score (nSPS) is 31.5. The minimum atomic E-state index is -0.324. The number of hydrazine groups is 1. The molecule has 2 heterocycles. The van der Waals surface area contributed by atoms with Crippen LogP contribution in [0.15, 0.2) is 18.2 Å². The Kier molecular flexibility index (Phi) is 4.44. The van der Waals surface area contributed by atoms with Crippen LogP contribution in [0.2, 0.25) is 0 Å². The summed E-state index contributed by atoms with van der Waals surface area (Å²) < 4.78 is 13.7. The van der Waals surface area contributed by atoms with Gasteiger partial charge in [0.1, 0.15) is 11.9 Å². The van der Waals surface area contributed by atoms with Crippen molar-refractivity contribution in [2.75, 3.05) is 18.9 Å². The Bertz CT molecular complexity index is 740. The van der Waals surface area contributed by atoms with Crippen LogP contribution in [0.4, 0.5) is 10.1 Å². The molecule has 0 spiro atoms. The SMILES string of the molecule is Cc1ccc(NC(=O)C2CCC3C(C2)N(C)C(=O)C2CCNN23)cc1F. The van der Waals surface area contributed by atoms with Crippen LogP contribution in [0, 0.1) is 18.7 Å². The molecule has 1 aromatic carbocycles. The number of aryl methyl sites for hydroxylation is 1. The lowest BCUT2D eigenvalue weighted by Crippen LogP contribution is -2.67. The Morgan fingerprint density at radius 3 is 2.85 bits per heavy atom. The standard InChI is InChI=1S/C19H25FN4O2/c1-11-3-5-13(10-14(11)20)22-18(25)12-4-6-15-17(9-12)23(2)19(26)16-7-8-21-24(15)16/h3,5,10,12,15-17,21H,4,6-9H2,1-2H3,(H,22,25). The summed E-state index contributed by atoms with van der Waals surface area (Å²) in [5.41, 5.74) is 4.38. The van der Waals surface area contributed by atoms with Crippen LogP contribution in [-0.2, 0) is 9.59 Å². The lowest BCUT2D eigenvalue weighted by atomic mass is 9.79. The van der Waals surface area contributed by atoms with Gasteiger partial charge in [-0.15, -0.1) is 0 Å². The van der Waals surface area contributed by atoms with E-state index >= 15 is 0 Å². The lowest BCUT2D eigenvalue weighted by molar-refractivity contribution is -0.153. The third-order valence-electron chi connectivity index (χ3n) is 6.13. The average molecular weight is 360 g/mol. The van der Waals surface area contributed by atoms with Gasteiger partial charge in [-0.1, -0.05) is 6.07 Å². The maximum Gasteiger partial charge on any atom is 0.241 e. The molecule has 0 bridgehead atoms. The molecule has 2 aliphatic heterocycles. The predicted molar refractivity (Wildman–Crippen MR) is 95.7 cm³/mol. The number of rotatable bonds is 2. The van der Waals surface area contributed by atoms with E-state index < -0.39 is 0 Å². The number of piperazine rings is 1. The van der Waals surface area contributed by atoms with Crippen LogP contribution >= 0.6 is 0 Å². The Balaban J connectivity index is 1.46. The quantitative estimate of drug-likeness (QED) is 0.842. The van der Waals surface area contributed by atoms with Crippen LogP contribution < -0.4 is 10.7 Å². The fourth-order valence-corrected chi connectivity index (χ4v) is 4.59. The monoisotopic (exact) mass is 360 g/mol. The molecule has 2 N–H and O–H groups in total. The summed E-state index contributed by atoms with van der Waals surface area (Å²) in [4.78, 5) is 27.1. The summed E-state index contributed by atoms with van der Waals surface area (Å²) >= 11 is 0. The second-order valence-corrected chi connectivity index (χ2v) is 7.67. The van der Waals surface area contributed by atoms with Crippen LogP contribution in [0.5, 0.6) is 0 Å². The molecule has 7 heteroatoms. The fraction of sp³-hybridized carbons (Fsp3) is 0.579. The van der Waals surface area contributed by atoms with Crippen molar-refractivity contribution in [2.24, 2.45) is 5.92 Å². The second-order valence-electron chi connectivity index (χ2n) is 7.67. The molecule has 0 radical (unpaired) electrons. The summed E-state index contributed by atoms with van der Waals surface area (Å²) in [5, 5.41) is 4.96. The molecule has 1 aliphatic carbocycles. The summed E-state index contributed by atoms with van der Waals surface area (Å²) in [6.07, 6.45) is 3.12. The zero-order chi connectivity index (χ0) is 18.4. The first kappa shape index (κ1) is 17.4. The van der Waals surface area contributed by atoms with E-state index in [0.717, 1.165) is 25.8 Å². The number of amides is 2. The molecule has 0 aromatic heterocycles. The molecular formula is C19H25FN4O2. The Morgan fingerprint density at radius 1 is 1.27 bits per heavy atom. The third kappa shape index (κ3) is 2.89. The number of nitrogens with one attached hydrogen (secondary N) is 2. The number of likely N-dealkylation sites (N-methyl/N-ethyl adjacent to an activating group) is 1. The van der Waals surface area contributed by atoms with Gasteiger partial charge in [-0.3, -0.25) is 15.0 Å². The molecule has 140 valence electrons.